The van der Waals surface area contributed by atoms with Crippen LogP contribution in [0, 0.1) is 23.7 Å². The molecule has 0 aromatic carbocycles. The van der Waals surface area contributed by atoms with E-state index in [1.165, 1.54) is 103 Å². The van der Waals surface area contributed by atoms with Crippen LogP contribution in [0.4, 0.5) is 0 Å². The zero-order valence-electron chi connectivity index (χ0n) is 35.8. The molecule has 54 heavy (non-hydrogen) atoms. The van der Waals surface area contributed by atoms with Gasteiger partial charge in [0.15, 0.2) is 0 Å². The van der Waals surface area contributed by atoms with Gasteiger partial charge in [-0.15, -0.1) is 0 Å². The normalized spacial score (nSPS) is 24.5. The molecule has 0 bridgehead atoms. The number of nitrogens with one attached hydrogen (secondary N) is 3. The summed E-state index contributed by atoms with van der Waals surface area (Å²) in [5, 5.41) is 19.8. The van der Waals surface area contributed by atoms with Crippen LogP contribution in [-0.2, 0) is 19.2 Å². The molecule has 308 valence electrons. The number of hydrogen-bond acceptors (Lipinski definition) is 5. The standard InChI is InChI=1S/C27H47N3O3.C18H36O2.Na/c1-18-10-4-7-13-22(18)28-25(31)16-21(27(33)30-24-15-9-6-12-20(24)3)17-26(32)29-23-14-8-5-11-19(23)2;1-2-3-4-5-6-7-8-9-10-11-12-13-14-15-16-17-18(19)20;/h18-24H,4-17H2,1-3H3,(H,28,31)(H,29,32)(H,30,33);2-17H2,1H3,(H,19,20);/q;;+1/p-1. The van der Waals surface area contributed by atoms with Crippen molar-refractivity contribution in [3.05, 3.63) is 0 Å². The number of carboxylic acids is 1. The third kappa shape index (κ3) is 23.8. The molecule has 3 fully saturated rings. The van der Waals surface area contributed by atoms with Crippen molar-refractivity contribution in [2.75, 3.05) is 0 Å². The first-order valence-corrected chi connectivity index (χ1v) is 22.7. The van der Waals surface area contributed by atoms with E-state index in [1.54, 1.807) is 0 Å². The van der Waals surface area contributed by atoms with E-state index in [2.05, 4.69) is 43.6 Å². The molecule has 3 aliphatic rings. The summed E-state index contributed by atoms with van der Waals surface area (Å²) in [6.07, 6.45) is 33.5. The van der Waals surface area contributed by atoms with Crippen LogP contribution in [0.3, 0.4) is 0 Å². The Morgan fingerprint density at radius 3 is 1.15 bits per heavy atom. The van der Waals surface area contributed by atoms with Gasteiger partial charge in [-0.2, -0.15) is 0 Å². The van der Waals surface area contributed by atoms with Crippen LogP contribution < -0.4 is 50.6 Å². The largest absolute Gasteiger partial charge is 1.00 e. The monoisotopic (exact) mass is 768 g/mol. The summed E-state index contributed by atoms with van der Waals surface area (Å²) in [6, 6.07) is 0.520. The molecule has 6 unspecified atom stereocenters. The van der Waals surface area contributed by atoms with E-state index in [0.717, 1.165) is 70.6 Å². The maximum Gasteiger partial charge on any atom is 1.00 e. The zero-order valence-corrected chi connectivity index (χ0v) is 37.8. The van der Waals surface area contributed by atoms with Gasteiger partial charge in [-0.25, -0.2) is 0 Å². The molecule has 8 nitrogen and oxygen atoms in total. The summed E-state index contributed by atoms with van der Waals surface area (Å²) in [5.41, 5.74) is 0. The van der Waals surface area contributed by atoms with E-state index in [9.17, 15) is 24.3 Å². The number of hydrogen-bond donors (Lipinski definition) is 3. The Labute approximate surface area is 353 Å². The summed E-state index contributed by atoms with van der Waals surface area (Å²) in [5.74, 6) is -0.460. The molecular formula is C45H82N3NaO5. The number of carbonyl (C=O) groups is 4. The van der Waals surface area contributed by atoms with Crippen molar-refractivity contribution < 1.29 is 53.8 Å². The Balaban J connectivity index is 0.000000601. The van der Waals surface area contributed by atoms with Crippen molar-refractivity contribution in [1.82, 2.24) is 16.0 Å². The fourth-order valence-corrected chi connectivity index (χ4v) is 8.77. The summed E-state index contributed by atoms with van der Waals surface area (Å²) in [7, 11) is 0. The minimum absolute atomic E-state index is 0. The fourth-order valence-electron chi connectivity index (χ4n) is 8.77. The Bertz CT molecular complexity index is 974. The Morgan fingerprint density at radius 1 is 0.500 bits per heavy atom. The molecule has 0 aliphatic heterocycles. The van der Waals surface area contributed by atoms with Gasteiger partial charge in [0, 0.05) is 36.9 Å². The molecule has 3 aliphatic carbocycles. The third-order valence-corrected chi connectivity index (χ3v) is 12.6. The second-order valence-electron chi connectivity index (χ2n) is 17.4. The van der Waals surface area contributed by atoms with Gasteiger partial charge >= 0.3 is 29.6 Å². The predicted molar refractivity (Wildman–Crippen MR) is 216 cm³/mol. The van der Waals surface area contributed by atoms with Gasteiger partial charge in [0.1, 0.15) is 0 Å². The second-order valence-corrected chi connectivity index (χ2v) is 17.4. The molecule has 0 heterocycles. The van der Waals surface area contributed by atoms with Crippen molar-refractivity contribution in [2.45, 2.75) is 238 Å². The van der Waals surface area contributed by atoms with E-state index in [0.29, 0.717) is 17.8 Å². The van der Waals surface area contributed by atoms with Gasteiger partial charge in [-0.1, -0.05) is 156 Å². The average Bonchev–Trinajstić information content (AvgIpc) is 3.12. The molecule has 6 atom stereocenters. The predicted octanol–water partition coefficient (Wildman–Crippen LogP) is 6.47. The second kappa shape index (κ2) is 31.9. The number of aliphatic carboxylic acids is 1. The Morgan fingerprint density at radius 2 is 0.815 bits per heavy atom. The van der Waals surface area contributed by atoms with Gasteiger partial charge in [0.05, 0.1) is 5.92 Å². The zero-order chi connectivity index (χ0) is 38.7. The first-order chi connectivity index (χ1) is 25.6. The Hall–Kier alpha value is -1.12. The number of unbranched alkanes of at least 4 members (excludes halogenated alkanes) is 14. The van der Waals surface area contributed by atoms with Crippen LogP contribution in [0.25, 0.3) is 0 Å². The minimum atomic E-state index is -0.903. The topological polar surface area (TPSA) is 127 Å². The van der Waals surface area contributed by atoms with E-state index < -0.39 is 11.9 Å². The molecule has 0 aromatic rings. The number of carboxylic acid groups (broad SMARTS) is 1. The number of rotatable bonds is 24. The van der Waals surface area contributed by atoms with Crippen molar-refractivity contribution in [1.29, 1.82) is 0 Å². The molecule has 3 amide bonds. The summed E-state index contributed by atoms with van der Waals surface area (Å²) in [6.45, 7) is 8.84. The maximum absolute atomic E-state index is 13.3. The molecule has 0 saturated heterocycles. The molecule has 0 aromatic heterocycles. The van der Waals surface area contributed by atoms with Crippen LogP contribution >= 0.6 is 0 Å². The van der Waals surface area contributed by atoms with Gasteiger partial charge in [0.25, 0.3) is 0 Å². The van der Waals surface area contributed by atoms with E-state index in [-0.39, 0.29) is 84.7 Å². The van der Waals surface area contributed by atoms with Crippen molar-refractivity contribution in [2.24, 2.45) is 23.7 Å². The molecule has 0 spiro atoms. The maximum atomic E-state index is 13.3. The van der Waals surface area contributed by atoms with Crippen LogP contribution in [0.5, 0.6) is 0 Å². The van der Waals surface area contributed by atoms with Crippen molar-refractivity contribution in [3.8, 4) is 0 Å². The molecular weight excluding hydrogens is 686 g/mol. The van der Waals surface area contributed by atoms with E-state index in [1.807, 2.05) is 0 Å². The van der Waals surface area contributed by atoms with Gasteiger partial charge in [-0.3, -0.25) is 14.4 Å². The minimum Gasteiger partial charge on any atom is -0.550 e. The van der Waals surface area contributed by atoms with Crippen LogP contribution in [-0.4, -0.2) is 41.8 Å². The van der Waals surface area contributed by atoms with Crippen molar-refractivity contribution in [3.63, 3.8) is 0 Å². The fraction of sp³-hybridized carbons (Fsp3) is 0.911. The number of carbonyl (C=O) groups excluding carboxylic acids is 4. The summed E-state index contributed by atoms with van der Waals surface area (Å²) < 4.78 is 0. The van der Waals surface area contributed by atoms with E-state index >= 15 is 0 Å². The van der Waals surface area contributed by atoms with Gasteiger partial charge < -0.3 is 25.9 Å². The first kappa shape index (κ1) is 50.9. The third-order valence-electron chi connectivity index (χ3n) is 12.6. The molecule has 0 radical (unpaired) electrons. The first-order valence-electron chi connectivity index (χ1n) is 22.7. The SMILES string of the molecule is CC1CCCCC1NC(=O)CC(CC(=O)NC1CCCCC1C)C(=O)NC1CCCCC1C.CCCCCCCCCCCCCCCCCC(=O)[O-].[Na+]. The molecule has 3 N–H and O–H groups in total. The van der Waals surface area contributed by atoms with Crippen LogP contribution in [0.2, 0.25) is 0 Å². The van der Waals surface area contributed by atoms with E-state index in [4.69, 9.17) is 0 Å². The van der Waals surface area contributed by atoms with Crippen molar-refractivity contribution >= 4 is 23.7 Å². The smallest absolute Gasteiger partial charge is 0.550 e. The number of amides is 3. The molecule has 3 saturated carbocycles. The summed E-state index contributed by atoms with van der Waals surface area (Å²) in [4.78, 5) is 49.3. The Kier molecular flexibility index (Phi) is 30.1. The van der Waals surface area contributed by atoms with Crippen LogP contribution in [0.15, 0.2) is 0 Å². The van der Waals surface area contributed by atoms with Crippen LogP contribution in [0.1, 0.15) is 220 Å². The van der Waals surface area contributed by atoms with Gasteiger partial charge in [0.2, 0.25) is 17.7 Å². The average molecular weight is 768 g/mol. The summed E-state index contributed by atoms with van der Waals surface area (Å²) >= 11 is 0. The van der Waals surface area contributed by atoms with Gasteiger partial charge in [-0.05, 0) is 69.1 Å². The molecule has 9 heteroatoms. The molecule has 3 rings (SSSR count). The quantitative estimate of drug-likeness (QED) is 0.0767.